The standard InChI is InChI=1S/C12H17FOS/c1-8(2)12(7-14)15-11-5-4-10(13)6-9(11)3/h4-6,8,12,14H,7H2,1-3H3. The molecular formula is C12H17FOS. The average molecular weight is 228 g/mol. The van der Waals surface area contributed by atoms with Gasteiger partial charge in [-0.05, 0) is 36.6 Å². The molecule has 0 aliphatic heterocycles. The molecule has 15 heavy (non-hydrogen) atoms. The molecule has 0 bridgehead atoms. The molecule has 1 nitrogen and oxygen atoms in total. The first kappa shape index (κ1) is 12.5. The van der Waals surface area contributed by atoms with Crippen molar-refractivity contribution in [3.05, 3.63) is 29.6 Å². The first-order chi connectivity index (χ1) is 7.04. The molecule has 84 valence electrons. The highest BCUT2D eigenvalue weighted by Crippen LogP contribution is 2.30. The van der Waals surface area contributed by atoms with E-state index in [1.54, 1.807) is 17.8 Å². The van der Waals surface area contributed by atoms with Crippen LogP contribution >= 0.6 is 11.8 Å². The van der Waals surface area contributed by atoms with Crippen LogP contribution in [0.1, 0.15) is 19.4 Å². The Labute approximate surface area is 94.7 Å². The summed E-state index contributed by atoms with van der Waals surface area (Å²) in [6, 6.07) is 4.77. The van der Waals surface area contributed by atoms with Crippen molar-refractivity contribution in [1.82, 2.24) is 0 Å². The molecule has 0 aliphatic carbocycles. The summed E-state index contributed by atoms with van der Waals surface area (Å²) in [6.45, 7) is 6.19. The fraction of sp³-hybridized carbons (Fsp3) is 0.500. The van der Waals surface area contributed by atoms with Gasteiger partial charge in [0.15, 0.2) is 0 Å². The van der Waals surface area contributed by atoms with Crippen LogP contribution in [-0.2, 0) is 0 Å². The Morgan fingerprint density at radius 1 is 1.40 bits per heavy atom. The Hall–Kier alpha value is -0.540. The van der Waals surface area contributed by atoms with Gasteiger partial charge in [-0.2, -0.15) is 0 Å². The van der Waals surface area contributed by atoms with Gasteiger partial charge in [-0.3, -0.25) is 0 Å². The van der Waals surface area contributed by atoms with Crippen molar-refractivity contribution in [1.29, 1.82) is 0 Å². The lowest BCUT2D eigenvalue weighted by Gasteiger charge is -2.18. The van der Waals surface area contributed by atoms with E-state index in [4.69, 9.17) is 0 Å². The lowest BCUT2D eigenvalue weighted by Crippen LogP contribution is -2.15. The monoisotopic (exact) mass is 228 g/mol. The highest BCUT2D eigenvalue weighted by atomic mass is 32.2. The summed E-state index contributed by atoms with van der Waals surface area (Å²) in [5, 5.41) is 9.38. The smallest absolute Gasteiger partial charge is 0.123 e. The van der Waals surface area contributed by atoms with Gasteiger partial charge in [0.1, 0.15) is 5.82 Å². The van der Waals surface area contributed by atoms with Crippen LogP contribution in [0.2, 0.25) is 0 Å². The second-order valence-electron chi connectivity index (χ2n) is 3.99. The second-order valence-corrected chi connectivity index (χ2v) is 5.27. The van der Waals surface area contributed by atoms with Crippen LogP contribution in [0, 0.1) is 18.7 Å². The molecule has 1 aromatic carbocycles. The number of halogens is 1. The summed E-state index contributed by atoms with van der Waals surface area (Å²) in [7, 11) is 0. The molecule has 0 aromatic heterocycles. The summed E-state index contributed by atoms with van der Waals surface area (Å²) in [5.74, 6) is 0.200. The molecule has 1 aromatic rings. The van der Waals surface area contributed by atoms with Crippen molar-refractivity contribution in [2.24, 2.45) is 5.92 Å². The normalized spacial score (nSPS) is 13.2. The molecule has 0 spiro atoms. The maximum absolute atomic E-state index is 12.9. The van der Waals surface area contributed by atoms with E-state index in [0.29, 0.717) is 5.92 Å². The third-order valence-corrected chi connectivity index (χ3v) is 4.05. The number of hydrogen-bond acceptors (Lipinski definition) is 2. The average Bonchev–Trinajstić information content (AvgIpc) is 2.16. The molecule has 1 rings (SSSR count). The quantitative estimate of drug-likeness (QED) is 0.798. The van der Waals surface area contributed by atoms with Gasteiger partial charge in [0.25, 0.3) is 0 Å². The predicted octanol–water partition coefficient (Wildman–Crippen LogP) is 3.24. The van der Waals surface area contributed by atoms with Gasteiger partial charge in [-0.15, -0.1) is 11.8 Å². The lowest BCUT2D eigenvalue weighted by molar-refractivity contribution is 0.275. The van der Waals surface area contributed by atoms with Crippen molar-refractivity contribution in [3.63, 3.8) is 0 Å². The fourth-order valence-corrected chi connectivity index (χ4v) is 2.36. The topological polar surface area (TPSA) is 20.2 Å². The van der Waals surface area contributed by atoms with Crippen LogP contribution in [0.15, 0.2) is 23.1 Å². The van der Waals surface area contributed by atoms with Crippen LogP contribution in [0.5, 0.6) is 0 Å². The van der Waals surface area contributed by atoms with Gasteiger partial charge in [0.05, 0.1) is 6.61 Å². The zero-order valence-corrected chi connectivity index (χ0v) is 10.1. The van der Waals surface area contributed by atoms with Gasteiger partial charge in [-0.1, -0.05) is 13.8 Å². The lowest BCUT2D eigenvalue weighted by atomic mass is 10.1. The number of aliphatic hydroxyl groups is 1. The summed E-state index contributed by atoms with van der Waals surface area (Å²) in [4.78, 5) is 1.05. The highest BCUT2D eigenvalue weighted by molar-refractivity contribution is 8.00. The maximum atomic E-state index is 12.9. The fourth-order valence-electron chi connectivity index (χ4n) is 1.29. The number of hydrogen-bond donors (Lipinski definition) is 1. The molecule has 1 N–H and O–H groups in total. The summed E-state index contributed by atoms with van der Waals surface area (Å²) in [6.07, 6.45) is 0. The molecule has 1 unspecified atom stereocenters. The molecule has 3 heteroatoms. The Morgan fingerprint density at radius 3 is 2.53 bits per heavy atom. The summed E-state index contributed by atoms with van der Waals surface area (Å²) >= 11 is 1.62. The SMILES string of the molecule is Cc1cc(F)ccc1SC(CO)C(C)C. The highest BCUT2D eigenvalue weighted by Gasteiger charge is 2.14. The van der Waals surface area contributed by atoms with Crippen molar-refractivity contribution in [3.8, 4) is 0 Å². The van der Waals surface area contributed by atoms with E-state index in [-0.39, 0.29) is 17.7 Å². The van der Waals surface area contributed by atoms with E-state index in [2.05, 4.69) is 13.8 Å². The molecule has 0 heterocycles. The van der Waals surface area contributed by atoms with Gasteiger partial charge >= 0.3 is 0 Å². The van der Waals surface area contributed by atoms with Crippen LogP contribution in [-0.4, -0.2) is 17.0 Å². The first-order valence-corrected chi connectivity index (χ1v) is 5.96. The predicted molar refractivity (Wildman–Crippen MR) is 62.7 cm³/mol. The van der Waals surface area contributed by atoms with Crippen LogP contribution < -0.4 is 0 Å². The van der Waals surface area contributed by atoms with E-state index in [9.17, 15) is 9.50 Å². The first-order valence-electron chi connectivity index (χ1n) is 5.08. The molecule has 0 radical (unpaired) electrons. The number of aliphatic hydroxyl groups excluding tert-OH is 1. The third kappa shape index (κ3) is 3.50. The van der Waals surface area contributed by atoms with Gasteiger partial charge in [0, 0.05) is 10.1 Å². The van der Waals surface area contributed by atoms with Crippen molar-refractivity contribution < 1.29 is 9.50 Å². The summed E-state index contributed by atoms with van der Waals surface area (Å²) in [5.41, 5.74) is 0.930. The molecule has 0 aliphatic rings. The molecule has 1 atom stereocenters. The van der Waals surface area contributed by atoms with Crippen LogP contribution in [0.3, 0.4) is 0 Å². The van der Waals surface area contributed by atoms with Gasteiger partial charge in [0.2, 0.25) is 0 Å². The van der Waals surface area contributed by atoms with E-state index in [1.807, 2.05) is 6.92 Å². The van der Waals surface area contributed by atoms with E-state index in [1.165, 1.54) is 12.1 Å². The van der Waals surface area contributed by atoms with Crippen molar-refractivity contribution in [2.45, 2.75) is 30.9 Å². The molecule has 0 fully saturated rings. The Bertz CT molecular complexity index is 325. The zero-order valence-electron chi connectivity index (χ0n) is 9.33. The van der Waals surface area contributed by atoms with Crippen LogP contribution in [0.25, 0.3) is 0 Å². The number of rotatable bonds is 4. The molecular weight excluding hydrogens is 211 g/mol. The van der Waals surface area contributed by atoms with E-state index in [0.717, 1.165) is 10.5 Å². The number of aryl methyl sites for hydroxylation is 1. The van der Waals surface area contributed by atoms with Gasteiger partial charge in [-0.25, -0.2) is 4.39 Å². The Balaban J connectivity index is 2.79. The van der Waals surface area contributed by atoms with E-state index < -0.39 is 0 Å². The minimum Gasteiger partial charge on any atom is -0.395 e. The zero-order chi connectivity index (χ0) is 11.4. The third-order valence-electron chi connectivity index (χ3n) is 2.34. The number of thioether (sulfide) groups is 1. The Kier molecular flexibility index (Phi) is 4.61. The molecule has 0 saturated carbocycles. The van der Waals surface area contributed by atoms with E-state index >= 15 is 0 Å². The summed E-state index contributed by atoms with van der Waals surface area (Å²) < 4.78 is 12.9. The van der Waals surface area contributed by atoms with Crippen LogP contribution in [0.4, 0.5) is 4.39 Å². The minimum atomic E-state index is -0.207. The van der Waals surface area contributed by atoms with Crippen molar-refractivity contribution >= 4 is 11.8 Å². The molecule has 0 saturated heterocycles. The largest absolute Gasteiger partial charge is 0.395 e. The number of benzene rings is 1. The second kappa shape index (κ2) is 5.52. The Morgan fingerprint density at radius 2 is 2.07 bits per heavy atom. The van der Waals surface area contributed by atoms with Gasteiger partial charge < -0.3 is 5.11 Å². The van der Waals surface area contributed by atoms with Crippen molar-refractivity contribution in [2.75, 3.05) is 6.61 Å². The molecule has 0 amide bonds. The maximum Gasteiger partial charge on any atom is 0.123 e. The minimum absolute atomic E-state index is 0.152.